The van der Waals surface area contributed by atoms with Crippen molar-refractivity contribution in [2.45, 2.75) is 13.3 Å². The first kappa shape index (κ1) is 11.1. The number of hydrogen-bond acceptors (Lipinski definition) is 3. The lowest BCUT2D eigenvalue weighted by Crippen LogP contribution is -2.20. The summed E-state index contributed by atoms with van der Waals surface area (Å²) in [5, 5.41) is 3.26. The van der Waals surface area contributed by atoms with Crippen LogP contribution in [-0.2, 0) is 0 Å². The summed E-state index contributed by atoms with van der Waals surface area (Å²) in [6.07, 6.45) is 6.92. The van der Waals surface area contributed by atoms with E-state index >= 15 is 0 Å². The van der Waals surface area contributed by atoms with Crippen molar-refractivity contribution in [3.05, 3.63) is 29.9 Å². The number of nitrogens with zero attached hydrogens (tertiary/aromatic N) is 2. The molecule has 76 valence electrons. The second-order valence-corrected chi connectivity index (χ2v) is 3.27. The second kappa shape index (κ2) is 5.08. The highest BCUT2D eigenvalue weighted by molar-refractivity contribution is 5.85. The van der Waals surface area contributed by atoms with Gasteiger partial charge in [0.2, 0.25) is 0 Å². The maximum atomic E-state index is 4.29. The molecule has 1 N–H and O–H groups in total. The molecule has 3 nitrogen and oxygen atoms in total. The molecule has 0 atom stereocenters. The minimum Gasteiger partial charge on any atom is -0.313 e. The smallest absolute Gasteiger partial charge is 0.154 e. The molecule has 1 aromatic heterocycles. The molecule has 0 aromatic carbocycles. The van der Waals surface area contributed by atoms with Crippen LogP contribution in [-0.4, -0.2) is 23.1 Å². The van der Waals surface area contributed by atoms with Crippen LogP contribution in [0, 0.1) is 6.92 Å². The molecular formula is C10H14ClN3. The molecular weight excluding hydrogens is 198 g/mol. The van der Waals surface area contributed by atoms with E-state index in [1.165, 1.54) is 5.57 Å². The van der Waals surface area contributed by atoms with Crippen molar-refractivity contribution in [1.29, 1.82) is 0 Å². The summed E-state index contributed by atoms with van der Waals surface area (Å²) in [5.41, 5.74) is 2.37. The third-order valence-electron chi connectivity index (χ3n) is 2.13. The standard InChI is InChI=1S/C10H13N3.ClH/c1-8-6-12-10(13-7-8)9-2-4-11-5-3-9;/h2,6-7,11H,3-5H2,1H3;1H. The van der Waals surface area contributed by atoms with Crippen molar-refractivity contribution in [1.82, 2.24) is 15.3 Å². The lowest BCUT2D eigenvalue weighted by molar-refractivity contribution is 0.734. The van der Waals surface area contributed by atoms with E-state index in [9.17, 15) is 0 Å². The van der Waals surface area contributed by atoms with Gasteiger partial charge in [0, 0.05) is 18.9 Å². The lowest BCUT2D eigenvalue weighted by atomic mass is 10.1. The van der Waals surface area contributed by atoms with Gasteiger partial charge >= 0.3 is 0 Å². The first-order valence-electron chi connectivity index (χ1n) is 4.55. The third-order valence-corrected chi connectivity index (χ3v) is 2.13. The Morgan fingerprint density at radius 3 is 2.57 bits per heavy atom. The monoisotopic (exact) mass is 211 g/mol. The van der Waals surface area contributed by atoms with E-state index in [-0.39, 0.29) is 12.4 Å². The van der Waals surface area contributed by atoms with Crippen molar-refractivity contribution in [3.63, 3.8) is 0 Å². The average molecular weight is 212 g/mol. The topological polar surface area (TPSA) is 37.8 Å². The average Bonchev–Trinajstić information content (AvgIpc) is 2.20. The van der Waals surface area contributed by atoms with Crippen LogP contribution in [0.3, 0.4) is 0 Å². The van der Waals surface area contributed by atoms with Gasteiger partial charge in [-0.05, 0) is 31.0 Å². The van der Waals surface area contributed by atoms with Crippen molar-refractivity contribution in [3.8, 4) is 0 Å². The van der Waals surface area contributed by atoms with Gasteiger partial charge in [-0.2, -0.15) is 0 Å². The molecule has 4 heteroatoms. The molecule has 0 aliphatic carbocycles. The van der Waals surface area contributed by atoms with E-state index < -0.39 is 0 Å². The Morgan fingerprint density at radius 1 is 1.29 bits per heavy atom. The number of halogens is 1. The van der Waals surface area contributed by atoms with Gasteiger partial charge in [0.1, 0.15) is 0 Å². The summed E-state index contributed by atoms with van der Waals surface area (Å²) in [6.45, 7) is 3.97. The van der Waals surface area contributed by atoms with Crippen LogP contribution in [0.1, 0.15) is 17.8 Å². The Balaban J connectivity index is 0.000000980. The molecule has 0 amide bonds. The highest BCUT2D eigenvalue weighted by atomic mass is 35.5. The van der Waals surface area contributed by atoms with Crippen LogP contribution in [0.4, 0.5) is 0 Å². The summed E-state index contributed by atoms with van der Waals surface area (Å²) in [4.78, 5) is 8.59. The van der Waals surface area contributed by atoms with Gasteiger partial charge in [0.25, 0.3) is 0 Å². The molecule has 2 heterocycles. The number of aryl methyl sites for hydroxylation is 1. The van der Waals surface area contributed by atoms with Gasteiger partial charge in [0.15, 0.2) is 5.82 Å². The molecule has 0 saturated carbocycles. The Kier molecular flexibility index (Phi) is 4.04. The zero-order chi connectivity index (χ0) is 9.10. The number of nitrogens with one attached hydrogen (secondary N) is 1. The highest BCUT2D eigenvalue weighted by Crippen LogP contribution is 2.14. The molecule has 1 aliphatic rings. The van der Waals surface area contributed by atoms with Crippen LogP contribution in [0.5, 0.6) is 0 Å². The molecule has 0 spiro atoms. The first-order valence-corrected chi connectivity index (χ1v) is 4.55. The van der Waals surface area contributed by atoms with Gasteiger partial charge in [-0.1, -0.05) is 6.08 Å². The maximum Gasteiger partial charge on any atom is 0.154 e. The molecule has 0 unspecified atom stereocenters. The minimum atomic E-state index is 0. The molecule has 0 radical (unpaired) electrons. The number of hydrogen-bond donors (Lipinski definition) is 1. The Hall–Kier alpha value is -0.930. The lowest BCUT2D eigenvalue weighted by Gasteiger charge is -2.12. The van der Waals surface area contributed by atoms with E-state index in [4.69, 9.17) is 0 Å². The summed E-state index contributed by atoms with van der Waals surface area (Å²) >= 11 is 0. The SMILES string of the molecule is Cc1cnc(C2=CCNCC2)nc1.Cl. The normalized spacial score (nSPS) is 15.6. The summed E-state index contributed by atoms with van der Waals surface area (Å²) in [6, 6.07) is 0. The summed E-state index contributed by atoms with van der Waals surface area (Å²) in [5.74, 6) is 0.882. The summed E-state index contributed by atoms with van der Waals surface area (Å²) < 4.78 is 0. The van der Waals surface area contributed by atoms with Crippen LogP contribution >= 0.6 is 12.4 Å². The van der Waals surface area contributed by atoms with Gasteiger partial charge in [-0.25, -0.2) is 9.97 Å². The van der Waals surface area contributed by atoms with E-state index in [1.807, 2.05) is 19.3 Å². The fourth-order valence-corrected chi connectivity index (χ4v) is 1.38. The van der Waals surface area contributed by atoms with Crippen molar-refractivity contribution < 1.29 is 0 Å². The van der Waals surface area contributed by atoms with E-state index in [0.717, 1.165) is 30.9 Å². The van der Waals surface area contributed by atoms with E-state index in [2.05, 4.69) is 21.4 Å². The van der Waals surface area contributed by atoms with Gasteiger partial charge in [-0.3, -0.25) is 0 Å². The van der Waals surface area contributed by atoms with Crippen LogP contribution in [0.15, 0.2) is 18.5 Å². The Morgan fingerprint density at radius 2 is 2.00 bits per heavy atom. The second-order valence-electron chi connectivity index (χ2n) is 3.27. The quantitative estimate of drug-likeness (QED) is 0.767. The molecule has 14 heavy (non-hydrogen) atoms. The van der Waals surface area contributed by atoms with Crippen LogP contribution in [0.2, 0.25) is 0 Å². The predicted octanol–water partition coefficient (Wildman–Crippen LogP) is 1.58. The Labute approximate surface area is 90.1 Å². The molecule has 1 aromatic rings. The zero-order valence-electron chi connectivity index (χ0n) is 8.16. The van der Waals surface area contributed by atoms with Crippen molar-refractivity contribution in [2.24, 2.45) is 0 Å². The number of aromatic nitrogens is 2. The number of rotatable bonds is 1. The third kappa shape index (κ3) is 2.53. The molecule has 0 bridgehead atoms. The first-order chi connectivity index (χ1) is 6.36. The van der Waals surface area contributed by atoms with Crippen molar-refractivity contribution in [2.75, 3.05) is 13.1 Å². The molecule has 1 aliphatic heterocycles. The summed E-state index contributed by atoms with van der Waals surface area (Å²) in [7, 11) is 0. The van der Waals surface area contributed by atoms with Crippen molar-refractivity contribution >= 4 is 18.0 Å². The van der Waals surface area contributed by atoms with Crippen LogP contribution < -0.4 is 5.32 Å². The fourth-order valence-electron chi connectivity index (χ4n) is 1.38. The van der Waals surface area contributed by atoms with Gasteiger partial charge < -0.3 is 5.32 Å². The van der Waals surface area contributed by atoms with Gasteiger partial charge in [0.05, 0.1) is 0 Å². The fraction of sp³-hybridized carbons (Fsp3) is 0.400. The van der Waals surface area contributed by atoms with Gasteiger partial charge in [-0.15, -0.1) is 12.4 Å². The predicted molar refractivity (Wildman–Crippen MR) is 59.5 cm³/mol. The molecule has 0 fully saturated rings. The Bertz CT molecular complexity index is 319. The maximum absolute atomic E-state index is 4.29. The highest BCUT2D eigenvalue weighted by Gasteiger charge is 2.07. The van der Waals surface area contributed by atoms with Crippen LogP contribution in [0.25, 0.3) is 5.57 Å². The minimum absolute atomic E-state index is 0. The largest absolute Gasteiger partial charge is 0.313 e. The van der Waals surface area contributed by atoms with E-state index in [0.29, 0.717) is 0 Å². The molecule has 2 rings (SSSR count). The zero-order valence-corrected chi connectivity index (χ0v) is 8.97. The molecule has 0 saturated heterocycles. The van der Waals surface area contributed by atoms with E-state index in [1.54, 1.807) is 0 Å².